The highest BCUT2D eigenvalue weighted by atomic mass is 28.4. The molecule has 0 rings (SSSR count). The number of hydrogen-bond donors (Lipinski definition) is 0. The highest BCUT2D eigenvalue weighted by Crippen LogP contribution is 2.44. The van der Waals surface area contributed by atoms with Gasteiger partial charge >= 0.3 is 8.56 Å². The molecule has 0 aromatic heterocycles. The van der Waals surface area contributed by atoms with Gasteiger partial charge in [-0.15, -0.1) is 0 Å². The Hall–Kier alpha value is 0.137. The van der Waals surface area contributed by atoms with Crippen LogP contribution in [0.1, 0.15) is 73.6 Å². The van der Waals surface area contributed by atoms with Gasteiger partial charge in [-0.1, -0.05) is 53.4 Å². The van der Waals surface area contributed by atoms with Gasteiger partial charge in [0.15, 0.2) is 0 Å². The predicted octanol–water partition coefficient (Wildman–Crippen LogP) is 5.27. The van der Waals surface area contributed by atoms with E-state index in [9.17, 15) is 0 Å². The summed E-state index contributed by atoms with van der Waals surface area (Å²) in [6.45, 7) is 14.9. The topological polar surface area (TPSA) is 18.5 Å². The van der Waals surface area contributed by atoms with Gasteiger partial charge < -0.3 is 8.85 Å². The van der Waals surface area contributed by atoms with Gasteiger partial charge in [-0.05, 0) is 26.3 Å². The van der Waals surface area contributed by atoms with E-state index in [4.69, 9.17) is 8.85 Å². The second-order valence-electron chi connectivity index (χ2n) is 5.67. The molecule has 0 unspecified atom stereocenters. The minimum Gasteiger partial charge on any atom is -0.394 e. The summed E-state index contributed by atoms with van der Waals surface area (Å²) in [7, 11) is -2.07. The van der Waals surface area contributed by atoms with Crippen molar-refractivity contribution in [3.05, 3.63) is 0 Å². The molecule has 0 atom stereocenters. The van der Waals surface area contributed by atoms with E-state index in [-0.39, 0.29) is 5.04 Å². The first-order valence-corrected chi connectivity index (χ1v) is 9.79. The van der Waals surface area contributed by atoms with Crippen molar-refractivity contribution in [3.8, 4) is 0 Å². The maximum atomic E-state index is 6.22. The molecule has 0 aliphatic rings. The lowest BCUT2D eigenvalue weighted by Crippen LogP contribution is -2.51. The summed E-state index contributed by atoms with van der Waals surface area (Å²) in [6, 6.07) is 1.15. The molecule has 0 N–H and O–H groups in total. The van der Waals surface area contributed by atoms with Crippen molar-refractivity contribution in [1.29, 1.82) is 0 Å². The lowest BCUT2D eigenvalue weighted by atomic mass is 10.1. The van der Waals surface area contributed by atoms with E-state index in [1.807, 2.05) is 0 Å². The Morgan fingerprint density at radius 1 is 0.833 bits per heavy atom. The van der Waals surface area contributed by atoms with Gasteiger partial charge in [0, 0.05) is 18.3 Å². The minimum absolute atomic E-state index is 0.200. The molecule has 0 fully saturated rings. The Kier molecular flexibility index (Phi) is 9.18. The van der Waals surface area contributed by atoms with Gasteiger partial charge in [-0.2, -0.15) is 0 Å². The number of hydrogen-bond acceptors (Lipinski definition) is 2. The third-order valence-corrected chi connectivity index (χ3v) is 8.97. The Balaban J connectivity index is 4.74. The van der Waals surface area contributed by atoms with Crippen LogP contribution in [-0.4, -0.2) is 21.8 Å². The highest BCUT2D eigenvalue weighted by Gasteiger charge is 2.50. The van der Waals surface area contributed by atoms with Crippen LogP contribution in [0.2, 0.25) is 11.1 Å². The quantitative estimate of drug-likeness (QED) is 0.377. The molecule has 110 valence electrons. The summed E-state index contributed by atoms with van der Waals surface area (Å²) in [5.74, 6) is 0. The Labute approximate surface area is 116 Å². The van der Waals surface area contributed by atoms with E-state index >= 15 is 0 Å². The normalized spacial score (nSPS) is 13.0. The molecule has 0 aromatic carbocycles. The first-order chi connectivity index (χ1) is 8.49. The second kappa shape index (κ2) is 9.11. The van der Waals surface area contributed by atoms with Crippen LogP contribution in [0.5, 0.6) is 0 Å². The zero-order valence-electron chi connectivity index (χ0n) is 13.5. The molecule has 0 aliphatic carbocycles. The van der Waals surface area contributed by atoms with E-state index in [0.717, 1.165) is 25.7 Å². The first kappa shape index (κ1) is 18.1. The largest absolute Gasteiger partial charge is 0.394 e. The minimum atomic E-state index is -2.07. The zero-order chi connectivity index (χ0) is 14.1. The fraction of sp³-hybridized carbons (Fsp3) is 1.00. The molecule has 18 heavy (non-hydrogen) atoms. The van der Waals surface area contributed by atoms with Crippen LogP contribution in [0.15, 0.2) is 0 Å². The van der Waals surface area contributed by atoms with Crippen molar-refractivity contribution in [2.45, 2.75) is 84.7 Å². The summed E-state index contributed by atoms with van der Waals surface area (Å²) >= 11 is 0. The summed E-state index contributed by atoms with van der Waals surface area (Å²) in [5, 5.41) is 0.200. The van der Waals surface area contributed by atoms with Crippen LogP contribution >= 0.6 is 0 Å². The molecule has 2 nitrogen and oxygen atoms in total. The average Bonchev–Trinajstić information content (AvgIpc) is 2.34. The monoisotopic (exact) mass is 274 g/mol. The van der Waals surface area contributed by atoms with Crippen LogP contribution in [0.3, 0.4) is 0 Å². The fourth-order valence-electron chi connectivity index (χ4n) is 2.44. The molecular formula is C15H34O2Si. The van der Waals surface area contributed by atoms with E-state index in [2.05, 4.69) is 41.5 Å². The van der Waals surface area contributed by atoms with Crippen LogP contribution in [-0.2, 0) is 8.85 Å². The van der Waals surface area contributed by atoms with Gasteiger partial charge in [0.1, 0.15) is 0 Å². The Bertz CT molecular complexity index is 199. The average molecular weight is 275 g/mol. The lowest BCUT2D eigenvalue weighted by molar-refractivity contribution is 0.154. The first-order valence-electron chi connectivity index (χ1n) is 7.77. The molecule has 3 heteroatoms. The van der Waals surface area contributed by atoms with Crippen molar-refractivity contribution in [3.63, 3.8) is 0 Å². The molecule has 0 bridgehead atoms. The van der Waals surface area contributed by atoms with E-state index in [1.165, 1.54) is 25.7 Å². The van der Waals surface area contributed by atoms with Crippen molar-refractivity contribution in [2.24, 2.45) is 0 Å². The van der Waals surface area contributed by atoms with Gasteiger partial charge in [0.25, 0.3) is 0 Å². The fourth-order valence-corrected chi connectivity index (χ4v) is 6.45. The second-order valence-corrected chi connectivity index (χ2v) is 9.60. The van der Waals surface area contributed by atoms with Gasteiger partial charge in [-0.25, -0.2) is 0 Å². The summed E-state index contributed by atoms with van der Waals surface area (Å²) in [4.78, 5) is 0. The van der Waals surface area contributed by atoms with Crippen LogP contribution < -0.4 is 0 Å². The van der Waals surface area contributed by atoms with E-state index in [1.54, 1.807) is 0 Å². The highest BCUT2D eigenvalue weighted by molar-refractivity contribution is 6.70. The van der Waals surface area contributed by atoms with Gasteiger partial charge in [0.05, 0.1) is 0 Å². The third kappa shape index (κ3) is 5.02. The molecule has 0 saturated carbocycles. The maximum absolute atomic E-state index is 6.22. The summed E-state index contributed by atoms with van der Waals surface area (Å²) in [6.07, 6.45) is 6.31. The third-order valence-electron chi connectivity index (χ3n) is 4.03. The number of rotatable bonds is 11. The molecule has 0 aromatic rings. The molecule has 0 amide bonds. The lowest BCUT2D eigenvalue weighted by Gasteiger charge is -2.42. The van der Waals surface area contributed by atoms with Gasteiger partial charge in [0.2, 0.25) is 0 Å². The molecule has 0 spiro atoms. The van der Waals surface area contributed by atoms with E-state index in [0.29, 0.717) is 0 Å². The van der Waals surface area contributed by atoms with Gasteiger partial charge in [-0.3, -0.25) is 0 Å². The maximum Gasteiger partial charge on any atom is 0.343 e. The van der Waals surface area contributed by atoms with Crippen LogP contribution in [0.25, 0.3) is 0 Å². The SMILES string of the molecule is CCCCCC[Si](OCC)(OCC)C(C)(C)CC. The van der Waals surface area contributed by atoms with Crippen molar-refractivity contribution in [2.75, 3.05) is 13.2 Å². The van der Waals surface area contributed by atoms with Crippen molar-refractivity contribution >= 4 is 8.56 Å². The molecule has 0 aliphatic heterocycles. The molecule has 0 heterocycles. The van der Waals surface area contributed by atoms with Crippen molar-refractivity contribution < 1.29 is 8.85 Å². The molecular weight excluding hydrogens is 240 g/mol. The van der Waals surface area contributed by atoms with E-state index < -0.39 is 8.56 Å². The zero-order valence-corrected chi connectivity index (χ0v) is 14.5. The standard InChI is InChI=1S/C15H34O2Si/c1-7-11-12-13-14-18(16-9-3,17-10-4)15(5,6)8-2/h7-14H2,1-6H3. The summed E-state index contributed by atoms with van der Waals surface area (Å²) < 4.78 is 12.4. The van der Waals surface area contributed by atoms with Crippen LogP contribution in [0.4, 0.5) is 0 Å². The van der Waals surface area contributed by atoms with Crippen LogP contribution in [0, 0.1) is 0 Å². The number of unbranched alkanes of at least 4 members (excludes halogenated alkanes) is 3. The Morgan fingerprint density at radius 3 is 1.78 bits per heavy atom. The predicted molar refractivity (Wildman–Crippen MR) is 82.3 cm³/mol. The Morgan fingerprint density at radius 2 is 1.39 bits per heavy atom. The van der Waals surface area contributed by atoms with Crippen molar-refractivity contribution in [1.82, 2.24) is 0 Å². The smallest absolute Gasteiger partial charge is 0.343 e. The molecule has 0 radical (unpaired) electrons. The molecule has 0 saturated heterocycles. The summed E-state index contributed by atoms with van der Waals surface area (Å²) in [5.41, 5.74) is 0.